The predicted octanol–water partition coefficient (Wildman–Crippen LogP) is 2.93. The van der Waals surface area contributed by atoms with Crippen LogP contribution in [0.15, 0.2) is 59.7 Å². The van der Waals surface area contributed by atoms with Crippen LogP contribution < -0.4 is 15.5 Å². The normalized spacial score (nSPS) is 11.1. The van der Waals surface area contributed by atoms with Crippen LogP contribution in [-0.4, -0.2) is 47.7 Å². The number of rotatable bonds is 8. The van der Waals surface area contributed by atoms with E-state index in [0.717, 1.165) is 43.4 Å². The quantitative estimate of drug-likeness (QED) is 0.219. The summed E-state index contributed by atoms with van der Waals surface area (Å²) in [4.78, 5) is 6.56. The summed E-state index contributed by atoms with van der Waals surface area (Å²) in [6.07, 6.45) is 4.15. The molecule has 8 heteroatoms. The molecule has 0 bridgehead atoms. The van der Waals surface area contributed by atoms with Crippen molar-refractivity contribution < 1.29 is 0 Å². The number of aliphatic imine (C=N–C) groups is 1. The van der Waals surface area contributed by atoms with Crippen molar-refractivity contribution in [3.8, 4) is 0 Å². The number of guanidine groups is 1. The molecule has 2 N–H and O–H groups in total. The number of benzene rings is 1. The van der Waals surface area contributed by atoms with E-state index in [1.807, 2.05) is 34.9 Å². The molecule has 0 fully saturated rings. The molecule has 7 nitrogen and oxygen atoms in total. The van der Waals surface area contributed by atoms with Crippen LogP contribution in [0.3, 0.4) is 0 Å². The van der Waals surface area contributed by atoms with Gasteiger partial charge >= 0.3 is 0 Å². The van der Waals surface area contributed by atoms with Crippen LogP contribution in [0.5, 0.6) is 0 Å². The van der Waals surface area contributed by atoms with E-state index in [9.17, 15) is 0 Å². The minimum Gasteiger partial charge on any atom is -0.375 e. The maximum absolute atomic E-state index is 4.27. The fraction of sp³-hybridized carbons (Fsp3) is 0.350. The third-order valence-electron chi connectivity index (χ3n) is 4.43. The Balaban J connectivity index is 0.00000280. The number of halogens is 1. The monoisotopic (exact) mass is 493 g/mol. The number of pyridine rings is 1. The lowest BCUT2D eigenvalue weighted by molar-refractivity contribution is 0.682. The molecule has 0 aliphatic rings. The number of hydrogen-bond donors (Lipinski definition) is 2. The number of nitrogens with zero attached hydrogens (tertiary/aromatic N) is 5. The van der Waals surface area contributed by atoms with Crippen LogP contribution in [0, 0.1) is 0 Å². The van der Waals surface area contributed by atoms with E-state index in [0.29, 0.717) is 6.54 Å². The zero-order valence-corrected chi connectivity index (χ0v) is 18.7. The Kier molecular flexibility index (Phi) is 8.99. The first-order chi connectivity index (χ1) is 13.3. The third kappa shape index (κ3) is 6.08. The Hall–Kier alpha value is -2.36. The van der Waals surface area contributed by atoms with Gasteiger partial charge in [0, 0.05) is 39.1 Å². The molecule has 28 heavy (non-hydrogen) atoms. The molecule has 0 aliphatic heterocycles. The summed E-state index contributed by atoms with van der Waals surface area (Å²) in [5, 5.41) is 15.0. The molecule has 0 amide bonds. The molecule has 0 saturated heterocycles. The van der Waals surface area contributed by atoms with Crippen LogP contribution in [-0.2, 0) is 6.54 Å². The van der Waals surface area contributed by atoms with Gasteiger partial charge in [0.1, 0.15) is 0 Å². The standard InChI is InChI=1S/C20H27N7.HI/c1-21-20(23-16-19-25-24-18-12-6-8-15-27(18)19)22-13-7-9-14-26(2)17-10-4-3-5-11-17;/h3-6,8,10-12,15H,7,9,13-14,16H2,1-2H3,(H2,21,22,23);1H. The number of fused-ring (bicyclic) bond motifs is 1. The van der Waals surface area contributed by atoms with Gasteiger partial charge in [0.2, 0.25) is 0 Å². The summed E-state index contributed by atoms with van der Waals surface area (Å²) in [6.45, 7) is 2.48. The lowest BCUT2D eigenvalue weighted by Gasteiger charge is -2.19. The van der Waals surface area contributed by atoms with Crippen molar-refractivity contribution in [2.75, 3.05) is 32.1 Å². The molecule has 0 spiro atoms. The number of anilines is 1. The molecule has 0 radical (unpaired) electrons. The summed E-state index contributed by atoms with van der Waals surface area (Å²) in [6, 6.07) is 16.3. The Morgan fingerprint density at radius 2 is 1.82 bits per heavy atom. The zero-order chi connectivity index (χ0) is 18.9. The minimum atomic E-state index is 0. The molecular formula is C20H28IN7. The summed E-state index contributed by atoms with van der Waals surface area (Å²) >= 11 is 0. The Morgan fingerprint density at radius 3 is 2.61 bits per heavy atom. The van der Waals surface area contributed by atoms with E-state index >= 15 is 0 Å². The van der Waals surface area contributed by atoms with Crippen LogP contribution in [0.25, 0.3) is 5.65 Å². The largest absolute Gasteiger partial charge is 0.375 e. The van der Waals surface area contributed by atoms with E-state index in [4.69, 9.17) is 0 Å². The molecule has 3 aromatic rings. The molecule has 1 aromatic carbocycles. The average Bonchev–Trinajstić information content (AvgIpc) is 3.13. The van der Waals surface area contributed by atoms with Crippen molar-refractivity contribution in [3.05, 3.63) is 60.6 Å². The van der Waals surface area contributed by atoms with Crippen LogP contribution in [0.2, 0.25) is 0 Å². The van der Waals surface area contributed by atoms with Crippen molar-refractivity contribution in [1.29, 1.82) is 0 Å². The van der Waals surface area contributed by atoms with Crippen molar-refractivity contribution in [3.63, 3.8) is 0 Å². The minimum absolute atomic E-state index is 0. The number of hydrogen-bond acceptors (Lipinski definition) is 4. The average molecular weight is 493 g/mol. The molecule has 0 atom stereocenters. The molecule has 3 rings (SSSR count). The summed E-state index contributed by atoms with van der Waals surface area (Å²) in [5.74, 6) is 1.64. The van der Waals surface area contributed by atoms with Gasteiger partial charge < -0.3 is 15.5 Å². The lowest BCUT2D eigenvalue weighted by atomic mass is 10.2. The highest BCUT2D eigenvalue weighted by molar-refractivity contribution is 14.0. The van der Waals surface area contributed by atoms with Crippen LogP contribution >= 0.6 is 24.0 Å². The maximum Gasteiger partial charge on any atom is 0.191 e. The van der Waals surface area contributed by atoms with Gasteiger partial charge in [0.25, 0.3) is 0 Å². The first-order valence-corrected chi connectivity index (χ1v) is 9.27. The molecule has 2 aromatic heterocycles. The predicted molar refractivity (Wildman–Crippen MR) is 126 cm³/mol. The van der Waals surface area contributed by atoms with Gasteiger partial charge in [-0.25, -0.2) is 0 Å². The SMILES string of the molecule is CN=C(NCCCCN(C)c1ccccc1)NCc1nnc2ccccn12.I. The molecular weight excluding hydrogens is 465 g/mol. The molecule has 0 aliphatic carbocycles. The first kappa shape index (κ1) is 21.9. The van der Waals surface area contributed by atoms with Crippen molar-refractivity contribution in [2.45, 2.75) is 19.4 Å². The van der Waals surface area contributed by atoms with E-state index in [-0.39, 0.29) is 24.0 Å². The van der Waals surface area contributed by atoms with E-state index in [2.05, 4.69) is 62.0 Å². The second-order valence-electron chi connectivity index (χ2n) is 6.36. The van der Waals surface area contributed by atoms with E-state index in [1.165, 1.54) is 5.69 Å². The highest BCUT2D eigenvalue weighted by atomic mass is 127. The molecule has 0 saturated carbocycles. The highest BCUT2D eigenvalue weighted by Crippen LogP contribution is 2.11. The topological polar surface area (TPSA) is 69.8 Å². The second-order valence-corrected chi connectivity index (χ2v) is 6.36. The summed E-state index contributed by atoms with van der Waals surface area (Å²) < 4.78 is 1.97. The van der Waals surface area contributed by atoms with Gasteiger partial charge in [-0.15, -0.1) is 34.2 Å². The van der Waals surface area contributed by atoms with E-state index < -0.39 is 0 Å². The van der Waals surface area contributed by atoms with Gasteiger partial charge in [-0.1, -0.05) is 24.3 Å². The van der Waals surface area contributed by atoms with Gasteiger partial charge in [-0.2, -0.15) is 0 Å². The zero-order valence-electron chi connectivity index (χ0n) is 16.4. The maximum atomic E-state index is 4.27. The Labute approximate surface area is 183 Å². The van der Waals surface area contributed by atoms with Crippen LogP contribution in [0.1, 0.15) is 18.7 Å². The van der Waals surface area contributed by atoms with Gasteiger partial charge in [-0.3, -0.25) is 9.39 Å². The third-order valence-corrected chi connectivity index (χ3v) is 4.43. The van der Waals surface area contributed by atoms with E-state index in [1.54, 1.807) is 7.05 Å². The highest BCUT2D eigenvalue weighted by Gasteiger charge is 2.05. The Morgan fingerprint density at radius 1 is 1.04 bits per heavy atom. The van der Waals surface area contributed by atoms with Crippen molar-refractivity contribution >= 4 is 41.3 Å². The number of unbranched alkanes of at least 4 members (excludes halogenated alkanes) is 1. The Bertz CT molecular complexity index is 863. The molecule has 2 heterocycles. The fourth-order valence-corrected chi connectivity index (χ4v) is 2.89. The number of nitrogens with one attached hydrogen (secondary N) is 2. The van der Waals surface area contributed by atoms with Gasteiger partial charge in [0.05, 0.1) is 6.54 Å². The summed E-state index contributed by atoms with van der Waals surface area (Å²) in [7, 11) is 3.91. The number of aromatic nitrogens is 3. The first-order valence-electron chi connectivity index (χ1n) is 9.27. The van der Waals surface area contributed by atoms with Gasteiger partial charge in [0.15, 0.2) is 17.4 Å². The second kappa shape index (κ2) is 11.5. The van der Waals surface area contributed by atoms with Crippen molar-refractivity contribution in [1.82, 2.24) is 25.2 Å². The lowest BCUT2D eigenvalue weighted by Crippen LogP contribution is -2.37. The molecule has 0 unspecified atom stereocenters. The fourth-order valence-electron chi connectivity index (χ4n) is 2.89. The van der Waals surface area contributed by atoms with Crippen LogP contribution in [0.4, 0.5) is 5.69 Å². The molecule has 150 valence electrons. The van der Waals surface area contributed by atoms with Crippen molar-refractivity contribution in [2.24, 2.45) is 4.99 Å². The van der Waals surface area contributed by atoms with Gasteiger partial charge in [-0.05, 0) is 37.1 Å². The number of para-hydroxylation sites is 1. The smallest absolute Gasteiger partial charge is 0.191 e. The summed E-state index contributed by atoms with van der Waals surface area (Å²) in [5.41, 5.74) is 2.10.